The largest absolute Gasteiger partial charge is 0.387 e. The zero-order valence-electron chi connectivity index (χ0n) is 16.0. The van der Waals surface area contributed by atoms with Crippen LogP contribution in [0.5, 0.6) is 0 Å². The molecule has 29 heavy (non-hydrogen) atoms. The lowest BCUT2D eigenvalue weighted by Gasteiger charge is -2.34. The molecule has 0 saturated carbocycles. The lowest BCUT2D eigenvalue weighted by atomic mass is 10.0. The molecule has 0 aliphatic carbocycles. The number of piperidine rings is 1. The van der Waals surface area contributed by atoms with Crippen molar-refractivity contribution >= 4 is 28.6 Å². The van der Waals surface area contributed by atoms with Crippen molar-refractivity contribution in [2.45, 2.75) is 30.2 Å². The normalized spacial score (nSPS) is 21.3. The first-order valence-corrected chi connectivity index (χ1v) is 10.7. The topological polar surface area (TPSA) is 94.6 Å². The average Bonchev–Trinajstić information content (AvgIpc) is 3.11. The van der Waals surface area contributed by atoms with E-state index >= 15 is 0 Å². The Morgan fingerprint density at radius 1 is 1.21 bits per heavy atom. The summed E-state index contributed by atoms with van der Waals surface area (Å²) in [6, 6.07) is 12.0. The SMILES string of the molecule is O=C1NC(=O)C(c2ccc(N3CCC(NCC(O)c4cccnc4)CC3)cc2)S1. The van der Waals surface area contributed by atoms with Gasteiger partial charge in [-0.05, 0) is 48.4 Å². The van der Waals surface area contributed by atoms with Crippen LogP contribution in [0, 0.1) is 0 Å². The van der Waals surface area contributed by atoms with Gasteiger partial charge in [0, 0.05) is 49.3 Å². The minimum atomic E-state index is -0.549. The Labute approximate surface area is 173 Å². The zero-order valence-corrected chi connectivity index (χ0v) is 16.8. The highest BCUT2D eigenvalue weighted by Gasteiger charge is 2.32. The van der Waals surface area contributed by atoms with E-state index < -0.39 is 11.4 Å². The van der Waals surface area contributed by atoms with E-state index in [0.29, 0.717) is 12.6 Å². The van der Waals surface area contributed by atoms with E-state index in [1.807, 2.05) is 36.4 Å². The fraction of sp³-hybridized carbons (Fsp3) is 0.381. The van der Waals surface area contributed by atoms with Crippen molar-refractivity contribution in [3.63, 3.8) is 0 Å². The predicted octanol–water partition coefficient (Wildman–Crippen LogP) is 2.40. The Morgan fingerprint density at radius 2 is 1.97 bits per heavy atom. The van der Waals surface area contributed by atoms with Gasteiger partial charge in [-0.2, -0.15) is 0 Å². The van der Waals surface area contributed by atoms with Crippen LogP contribution >= 0.6 is 11.8 Å². The second kappa shape index (κ2) is 8.94. The van der Waals surface area contributed by atoms with Crippen molar-refractivity contribution in [3.8, 4) is 0 Å². The molecule has 0 radical (unpaired) electrons. The number of thioether (sulfide) groups is 1. The summed E-state index contributed by atoms with van der Waals surface area (Å²) in [5.74, 6) is -0.242. The standard InChI is InChI=1S/C21H24N4O3S/c26-18(15-2-1-9-22-12-15)13-23-16-7-10-25(11-8-16)17-5-3-14(4-6-17)19-20(27)24-21(28)29-19/h1-6,9,12,16,18-19,23,26H,7-8,10-11,13H2,(H,24,27,28). The van der Waals surface area contributed by atoms with Gasteiger partial charge in [0.2, 0.25) is 5.91 Å². The average molecular weight is 413 g/mol. The molecule has 0 spiro atoms. The molecule has 8 heteroatoms. The number of hydrogen-bond donors (Lipinski definition) is 3. The van der Waals surface area contributed by atoms with Gasteiger partial charge >= 0.3 is 0 Å². The van der Waals surface area contributed by atoms with E-state index in [1.165, 1.54) is 0 Å². The number of benzene rings is 1. The van der Waals surface area contributed by atoms with Gasteiger partial charge in [0.15, 0.2) is 0 Å². The van der Waals surface area contributed by atoms with Crippen LogP contribution in [0.15, 0.2) is 48.8 Å². The number of hydrogen-bond acceptors (Lipinski definition) is 7. The smallest absolute Gasteiger partial charge is 0.286 e. The first-order valence-electron chi connectivity index (χ1n) is 9.78. The van der Waals surface area contributed by atoms with E-state index in [-0.39, 0.29) is 11.1 Å². The molecule has 2 aromatic rings. The number of anilines is 1. The number of aliphatic hydroxyl groups is 1. The predicted molar refractivity (Wildman–Crippen MR) is 113 cm³/mol. The van der Waals surface area contributed by atoms with Crippen LogP contribution in [-0.4, -0.2) is 46.9 Å². The van der Waals surface area contributed by atoms with Crippen molar-refractivity contribution in [2.75, 3.05) is 24.5 Å². The third-order valence-corrected chi connectivity index (χ3v) is 6.45. The van der Waals surface area contributed by atoms with Crippen LogP contribution in [0.3, 0.4) is 0 Å². The van der Waals surface area contributed by atoms with Gasteiger partial charge in [-0.15, -0.1) is 0 Å². The van der Waals surface area contributed by atoms with Gasteiger partial charge in [0.05, 0.1) is 6.10 Å². The maximum atomic E-state index is 11.8. The summed E-state index contributed by atoms with van der Waals surface area (Å²) < 4.78 is 0. The number of pyridine rings is 1. The van der Waals surface area contributed by atoms with Crippen LogP contribution < -0.4 is 15.5 Å². The summed E-state index contributed by atoms with van der Waals surface area (Å²) in [4.78, 5) is 29.5. The molecule has 2 atom stereocenters. The first kappa shape index (κ1) is 19.9. The molecule has 2 unspecified atom stereocenters. The van der Waals surface area contributed by atoms with E-state index in [2.05, 4.69) is 20.5 Å². The van der Waals surface area contributed by atoms with Crippen molar-refractivity contribution in [3.05, 3.63) is 59.9 Å². The van der Waals surface area contributed by atoms with Crippen molar-refractivity contribution in [2.24, 2.45) is 0 Å². The summed E-state index contributed by atoms with van der Waals surface area (Å²) in [6.07, 6.45) is 4.84. The summed E-state index contributed by atoms with van der Waals surface area (Å²) in [5, 5.41) is 15.3. The molecule has 2 saturated heterocycles. The molecule has 2 fully saturated rings. The lowest BCUT2D eigenvalue weighted by molar-refractivity contribution is -0.119. The van der Waals surface area contributed by atoms with Crippen LogP contribution in [-0.2, 0) is 4.79 Å². The zero-order chi connectivity index (χ0) is 20.2. The third-order valence-electron chi connectivity index (χ3n) is 5.41. The molecule has 4 rings (SSSR count). The third kappa shape index (κ3) is 4.77. The highest BCUT2D eigenvalue weighted by Crippen LogP contribution is 2.35. The van der Waals surface area contributed by atoms with Crippen LogP contribution in [0.25, 0.3) is 0 Å². The maximum Gasteiger partial charge on any atom is 0.286 e. The molecule has 2 aliphatic rings. The minimum absolute atomic E-state index is 0.242. The van der Waals surface area contributed by atoms with E-state index in [1.54, 1.807) is 12.4 Å². The van der Waals surface area contributed by atoms with Gasteiger partial charge in [0.25, 0.3) is 5.24 Å². The Bertz CT molecular complexity index is 854. The summed E-state index contributed by atoms with van der Waals surface area (Å²) in [6.45, 7) is 2.37. The van der Waals surface area contributed by atoms with Crippen LogP contribution in [0.2, 0.25) is 0 Å². The van der Waals surface area contributed by atoms with Crippen LogP contribution in [0.4, 0.5) is 10.5 Å². The highest BCUT2D eigenvalue weighted by atomic mass is 32.2. The fourth-order valence-corrected chi connectivity index (χ4v) is 4.58. The maximum absolute atomic E-state index is 11.8. The van der Waals surface area contributed by atoms with E-state index in [0.717, 1.165) is 54.5 Å². The number of carbonyl (C=O) groups is 2. The van der Waals surface area contributed by atoms with Crippen molar-refractivity contribution < 1.29 is 14.7 Å². The van der Waals surface area contributed by atoms with Crippen molar-refractivity contribution in [1.29, 1.82) is 0 Å². The first-order chi connectivity index (χ1) is 14.1. The number of imide groups is 1. The number of nitrogens with one attached hydrogen (secondary N) is 2. The number of nitrogens with zero attached hydrogens (tertiary/aromatic N) is 2. The molecule has 152 valence electrons. The quantitative estimate of drug-likeness (QED) is 0.671. The molecule has 2 amide bonds. The minimum Gasteiger partial charge on any atom is -0.387 e. The van der Waals surface area contributed by atoms with Gasteiger partial charge in [-0.25, -0.2) is 0 Å². The van der Waals surface area contributed by atoms with Crippen molar-refractivity contribution in [1.82, 2.24) is 15.6 Å². The Balaban J connectivity index is 1.26. The Morgan fingerprint density at radius 3 is 2.59 bits per heavy atom. The summed E-state index contributed by atoms with van der Waals surface area (Å²) in [5.41, 5.74) is 2.80. The number of rotatable bonds is 6. The molecule has 3 heterocycles. The molecule has 1 aromatic heterocycles. The Kier molecular flexibility index (Phi) is 6.13. The van der Waals surface area contributed by atoms with E-state index in [4.69, 9.17) is 0 Å². The monoisotopic (exact) mass is 412 g/mol. The lowest BCUT2D eigenvalue weighted by Crippen LogP contribution is -2.43. The van der Waals surface area contributed by atoms with Gasteiger partial charge < -0.3 is 15.3 Å². The molecule has 0 bridgehead atoms. The van der Waals surface area contributed by atoms with Gasteiger partial charge in [-0.1, -0.05) is 18.2 Å². The van der Waals surface area contributed by atoms with E-state index in [9.17, 15) is 14.7 Å². The summed E-state index contributed by atoms with van der Waals surface area (Å²) in [7, 11) is 0. The molecular formula is C21H24N4O3S. The second-order valence-corrected chi connectivity index (χ2v) is 8.42. The number of amides is 2. The molecule has 3 N–H and O–H groups in total. The fourth-order valence-electron chi connectivity index (χ4n) is 3.75. The molecule has 1 aromatic carbocycles. The number of aromatic nitrogens is 1. The molecule has 7 nitrogen and oxygen atoms in total. The highest BCUT2D eigenvalue weighted by molar-refractivity contribution is 8.15. The molecular weight excluding hydrogens is 388 g/mol. The Hall–Kier alpha value is -2.42. The second-order valence-electron chi connectivity index (χ2n) is 7.34. The number of aliphatic hydroxyl groups excluding tert-OH is 1. The van der Waals surface area contributed by atoms with Gasteiger partial charge in [-0.3, -0.25) is 19.9 Å². The van der Waals surface area contributed by atoms with Crippen LogP contribution in [0.1, 0.15) is 35.3 Å². The molecule has 2 aliphatic heterocycles. The summed E-state index contributed by atoms with van der Waals surface area (Å²) >= 11 is 1.03. The van der Waals surface area contributed by atoms with Gasteiger partial charge in [0.1, 0.15) is 5.25 Å². The number of carbonyl (C=O) groups excluding carboxylic acids is 2.